The van der Waals surface area contributed by atoms with Crippen LogP contribution >= 0.6 is 0 Å². The first-order chi connectivity index (χ1) is 13.6. The summed E-state index contributed by atoms with van der Waals surface area (Å²) >= 11 is 0. The van der Waals surface area contributed by atoms with Crippen LogP contribution in [0.1, 0.15) is 63.9 Å². The van der Waals surface area contributed by atoms with E-state index in [9.17, 15) is 8.78 Å². The average Bonchev–Trinajstić information content (AvgIpc) is 2.72. The molecule has 1 fully saturated rings. The molecule has 0 N–H and O–H groups in total. The lowest BCUT2D eigenvalue weighted by Gasteiger charge is -2.27. The SMILES string of the molecule is CC=CCOc1cc2ccc(C3CCC(/C=C/CCC)CC3)cc2c(F)c1F. The number of rotatable bonds is 7. The van der Waals surface area contributed by atoms with Crippen molar-refractivity contribution < 1.29 is 13.5 Å². The first kappa shape index (κ1) is 20.6. The Bertz CT molecular complexity index is 845. The standard InChI is InChI=1S/C25H30F2O/c1-3-5-7-8-18-9-11-19(12-10-18)20-13-14-21-17-23(28-15-6-4-2)25(27)24(26)22(21)16-20/h4,6-8,13-14,16-19H,3,5,9-12,15H2,1-2H3/b6-4?,8-7+. The Hall–Kier alpha value is -2.16. The van der Waals surface area contributed by atoms with Crippen LogP contribution in [0.25, 0.3) is 10.8 Å². The lowest BCUT2D eigenvalue weighted by atomic mass is 9.78. The van der Waals surface area contributed by atoms with Crippen LogP contribution in [0, 0.1) is 17.6 Å². The Morgan fingerprint density at radius 2 is 1.82 bits per heavy atom. The fourth-order valence-electron chi connectivity index (χ4n) is 4.01. The normalized spacial score (nSPS) is 20.4. The van der Waals surface area contributed by atoms with Gasteiger partial charge in [0, 0.05) is 5.39 Å². The molecule has 1 aliphatic rings. The summed E-state index contributed by atoms with van der Waals surface area (Å²) in [4.78, 5) is 0. The Labute approximate surface area is 167 Å². The smallest absolute Gasteiger partial charge is 0.201 e. The Balaban J connectivity index is 1.75. The lowest BCUT2D eigenvalue weighted by Crippen LogP contribution is -2.11. The van der Waals surface area contributed by atoms with E-state index in [0.29, 0.717) is 22.6 Å². The number of unbranched alkanes of at least 4 members (excludes halogenated alkanes) is 1. The molecule has 28 heavy (non-hydrogen) atoms. The predicted octanol–water partition coefficient (Wildman–Crippen LogP) is 7.70. The molecule has 3 rings (SSSR count). The number of allylic oxidation sites excluding steroid dienone is 3. The van der Waals surface area contributed by atoms with Crippen molar-refractivity contribution in [2.75, 3.05) is 6.61 Å². The third-order valence-corrected chi connectivity index (χ3v) is 5.69. The van der Waals surface area contributed by atoms with Crippen LogP contribution in [0.3, 0.4) is 0 Å². The second-order valence-electron chi connectivity index (χ2n) is 7.69. The van der Waals surface area contributed by atoms with E-state index in [0.717, 1.165) is 37.7 Å². The van der Waals surface area contributed by atoms with Crippen molar-refractivity contribution in [3.05, 3.63) is 65.8 Å². The molecule has 3 heteroatoms. The highest BCUT2D eigenvalue weighted by Gasteiger charge is 2.22. The van der Waals surface area contributed by atoms with Gasteiger partial charge in [-0.25, -0.2) is 4.39 Å². The maximum atomic E-state index is 14.7. The van der Waals surface area contributed by atoms with Gasteiger partial charge in [0.25, 0.3) is 0 Å². The molecule has 1 saturated carbocycles. The molecule has 150 valence electrons. The van der Waals surface area contributed by atoms with E-state index in [1.165, 1.54) is 6.42 Å². The third-order valence-electron chi connectivity index (χ3n) is 5.69. The molecule has 0 saturated heterocycles. The number of ether oxygens (including phenoxy) is 1. The van der Waals surface area contributed by atoms with Crippen molar-refractivity contribution in [3.8, 4) is 5.75 Å². The molecule has 2 aromatic rings. The summed E-state index contributed by atoms with van der Waals surface area (Å²) in [7, 11) is 0. The molecule has 0 unspecified atom stereocenters. The van der Waals surface area contributed by atoms with Gasteiger partial charge in [0.2, 0.25) is 5.82 Å². The molecular weight excluding hydrogens is 354 g/mol. The van der Waals surface area contributed by atoms with Crippen LogP contribution in [0.5, 0.6) is 5.75 Å². The number of fused-ring (bicyclic) bond motifs is 1. The van der Waals surface area contributed by atoms with Crippen LogP contribution in [0.15, 0.2) is 48.6 Å². The fraction of sp³-hybridized carbons (Fsp3) is 0.440. The van der Waals surface area contributed by atoms with Gasteiger partial charge in [-0.05, 0) is 73.9 Å². The van der Waals surface area contributed by atoms with Crippen LogP contribution in [0.2, 0.25) is 0 Å². The number of hydrogen-bond donors (Lipinski definition) is 0. The summed E-state index contributed by atoms with van der Waals surface area (Å²) in [5, 5.41) is 1.02. The van der Waals surface area contributed by atoms with Crippen molar-refractivity contribution in [2.24, 2.45) is 5.92 Å². The highest BCUT2D eigenvalue weighted by Crippen LogP contribution is 2.38. The second-order valence-corrected chi connectivity index (χ2v) is 7.69. The van der Waals surface area contributed by atoms with Crippen LogP contribution in [0.4, 0.5) is 8.78 Å². The minimum Gasteiger partial charge on any atom is -0.486 e. The van der Waals surface area contributed by atoms with E-state index in [2.05, 4.69) is 25.1 Å². The third kappa shape index (κ3) is 4.81. The van der Waals surface area contributed by atoms with Crippen LogP contribution < -0.4 is 4.74 Å². The molecule has 1 aliphatic carbocycles. The van der Waals surface area contributed by atoms with Gasteiger partial charge >= 0.3 is 0 Å². The molecule has 0 bridgehead atoms. The molecule has 0 heterocycles. The Morgan fingerprint density at radius 3 is 2.54 bits per heavy atom. The van der Waals surface area contributed by atoms with Gasteiger partial charge in [0.1, 0.15) is 6.61 Å². The Morgan fingerprint density at radius 1 is 1.04 bits per heavy atom. The summed E-state index contributed by atoms with van der Waals surface area (Å²) < 4.78 is 34.4. The molecule has 1 nitrogen and oxygen atoms in total. The first-order valence-corrected chi connectivity index (χ1v) is 10.5. The largest absolute Gasteiger partial charge is 0.486 e. The highest BCUT2D eigenvalue weighted by molar-refractivity contribution is 5.85. The fourth-order valence-corrected chi connectivity index (χ4v) is 4.01. The molecule has 2 aromatic carbocycles. The summed E-state index contributed by atoms with van der Waals surface area (Å²) in [5.74, 6) is -0.664. The molecule has 0 aromatic heterocycles. The maximum absolute atomic E-state index is 14.7. The van der Waals surface area contributed by atoms with Crippen LogP contribution in [-0.2, 0) is 0 Å². The van der Waals surface area contributed by atoms with E-state index in [4.69, 9.17) is 4.74 Å². The van der Waals surface area contributed by atoms with Crippen molar-refractivity contribution in [2.45, 2.75) is 58.3 Å². The van der Waals surface area contributed by atoms with E-state index in [1.54, 1.807) is 12.1 Å². The topological polar surface area (TPSA) is 9.23 Å². The van der Waals surface area contributed by atoms with Crippen molar-refractivity contribution in [1.82, 2.24) is 0 Å². The van der Waals surface area contributed by atoms with Crippen molar-refractivity contribution >= 4 is 10.8 Å². The minimum absolute atomic E-state index is 0.0322. The zero-order chi connectivity index (χ0) is 19.9. The summed E-state index contributed by atoms with van der Waals surface area (Å²) in [6, 6.07) is 7.38. The predicted molar refractivity (Wildman–Crippen MR) is 113 cm³/mol. The van der Waals surface area contributed by atoms with E-state index >= 15 is 0 Å². The molecular formula is C25H30F2O. The molecule has 0 atom stereocenters. The first-order valence-electron chi connectivity index (χ1n) is 10.5. The highest BCUT2D eigenvalue weighted by atomic mass is 19.2. The molecule has 0 aliphatic heterocycles. The lowest BCUT2D eigenvalue weighted by molar-refractivity contribution is 0.334. The van der Waals surface area contributed by atoms with Gasteiger partial charge in [-0.15, -0.1) is 0 Å². The van der Waals surface area contributed by atoms with Gasteiger partial charge in [-0.2, -0.15) is 4.39 Å². The van der Waals surface area contributed by atoms with Crippen molar-refractivity contribution in [3.63, 3.8) is 0 Å². The molecule has 0 amide bonds. The summed E-state index contributed by atoms with van der Waals surface area (Å²) in [5.41, 5.74) is 1.12. The van der Waals surface area contributed by atoms with E-state index in [1.807, 2.05) is 25.1 Å². The number of halogens is 2. The number of benzene rings is 2. The zero-order valence-corrected chi connectivity index (χ0v) is 16.9. The quantitative estimate of drug-likeness (QED) is 0.444. The summed E-state index contributed by atoms with van der Waals surface area (Å²) in [6.45, 7) is 4.28. The van der Waals surface area contributed by atoms with Crippen LogP contribution in [-0.4, -0.2) is 6.61 Å². The monoisotopic (exact) mass is 384 g/mol. The molecule has 0 spiro atoms. The Kier molecular flexibility index (Phi) is 7.24. The van der Waals surface area contributed by atoms with E-state index in [-0.39, 0.29) is 12.4 Å². The summed E-state index contributed by atoms with van der Waals surface area (Å²) in [6.07, 6.45) is 15.1. The average molecular weight is 385 g/mol. The number of hydrogen-bond acceptors (Lipinski definition) is 1. The minimum atomic E-state index is -0.904. The van der Waals surface area contributed by atoms with Gasteiger partial charge in [-0.1, -0.05) is 49.8 Å². The van der Waals surface area contributed by atoms with Gasteiger partial charge in [0.05, 0.1) is 0 Å². The van der Waals surface area contributed by atoms with Crippen molar-refractivity contribution in [1.29, 1.82) is 0 Å². The second kappa shape index (κ2) is 9.86. The molecule has 0 radical (unpaired) electrons. The van der Waals surface area contributed by atoms with Gasteiger partial charge in [-0.3, -0.25) is 0 Å². The zero-order valence-electron chi connectivity index (χ0n) is 16.9. The maximum Gasteiger partial charge on any atom is 0.201 e. The van der Waals surface area contributed by atoms with E-state index < -0.39 is 11.6 Å². The van der Waals surface area contributed by atoms with Gasteiger partial charge < -0.3 is 4.74 Å². The van der Waals surface area contributed by atoms with Gasteiger partial charge in [0.15, 0.2) is 11.6 Å².